The number of piperidine rings is 1. The van der Waals surface area contributed by atoms with Crippen molar-refractivity contribution in [1.82, 2.24) is 15.3 Å². The molecule has 1 saturated heterocycles. The highest BCUT2D eigenvalue weighted by atomic mass is 35.5. The molecule has 1 aliphatic carbocycles. The van der Waals surface area contributed by atoms with Gasteiger partial charge < -0.3 is 21.3 Å². The topological polar surface area (TPSA) is 96.2 Å². The molecule has 2 aromatic rings. The quantitative estimate of drug-likeness (QED) is 0.634. The summed E-state index contributed by atoms with van der Waals surface area (Å²) in [5.74, 6) is 1.57. The molecule has 4 rings (SSSR count). The molecule has 29 heavy (non-hydrogen) atoms. The maximum atomic E-state index is 11.5. The zero-order valence-electron chi connectivity index (χ0n) is 16.4. The van der Waals surface area contributed by atoms with Crippen LogP contribution >= 0.6 is 24.0 Å². The van der Waals surface area contributed by atoms with Gasteiger partial charge in [-0.15, -0.1) is 12.4 Å². The predicted octanol–water partition coefficient (Wildman–Crippen LogP) is 3.47. The Balaban J connectivity index is 0.00000240. The van der Waals surface area contributed by atoms with Crippen LogP contribution in [-0.4, -0.2) is 35.0 Å². The molecule has 1 aliphatic heterocycles. The second-order valence-corrected chi connectivity index (χ2v) is 7.90. The third kappa shape index (κ3) is 4.85. The van der Waals surface area contributed by atoms with Gasteiger partial charge in [-0.05, 0) is 50.3 Å². The number of hydrogen-bond acceptors (Lipinski definition) is 6. The molecule has 0 spiro atoms. The smallest absolute Gasteiger partial charge is 0.229 e. The van der Waals surface area contributed by atoms with Gasteiger partial charge >= 0.3 is 0 Å². The van der Waals surface area contributed by atoms with Gasteiger partial charge in [0.05, 0.1) is 16.4 Å². The average molecular weight is 437 g/mol. The standard InChI is InChI=1S/C20H25ClN6O.ClH/c1-12(28)23-14-4-3-9-27(11-14)19-15-5-2-6-18(15)25-20(26-19)24-13-7-8-16(21)17(22)10-13;/h7-8,10,14H,2-6,9,11,22H2,1H3,(H,23,28)(H,24,25,26);1H. The van der Waals surface area contributed by atoms with Crippen LogP contribution in [0.25, 0.3) is 0 Å². The van der Waals surface area contributed by atoms with E-state index in [9.17, 15) is 4.79 Å². The van der Waals surface area contributed by atoms with Crippen molar-refractivity contribution in [3.8, 4) is 0 Å². The molecule has 1 unspecified atom stereocenters. The minimum Gasteiger partial charge on any atom is -0.397 e. The zero-order valence-corrected chi connectivity index (χ0v) is 17.9. The summed E-state index contributed by atoms with van der Waals surface area (Å²) >= 11 is 6.02. The van der Waals surface area contributed by atoms with Gasteiger partial charge in [-0.25, -0.2) is 4.98 Å². The number of aromatic nitrogens is 2. The van der Waals surface area contributed by atoms with Crippen LogP contribution in [0.1, 0.15) is 37.4 Å². The number of nitrogens with one attached hydrogen (secondary N) is 2. The van der Waals surface area contributed by atoms with E-state index in [1.165, 1.54) is 5.56 Å². The minimum absolute atomic E-state index is 0. The van der Waals surface area contributed by atoms with E-state index in [1.807, 2.05) is 6.07 Å². The highest BCUT2D eigenvalue weighted by Gasteiger charge is 2.27. The van der Waals surface area contributed by atoms with Crippen LogP contribution in [0.3, 0.4) is 0 Å². The number of nitrogens with two attached hydrogens (primary N) is 1. The van der Waals surface area contributed by atoms with Crippen molar-refractivity contribution >= 4 is 53.1 Å². The van der Waals surface area contributed by atoms with E-state index in [2.05, 4.69) is 15.5 Å². The first-order valence-electron chi connectivity index (χ1n) is 9.73. The van der Waals surface area contributed by atoms with Crippen LogP contribution in [0.15, 0.2) is 18.2 Å². The highest BCUT2D eigenvalue weighted by Crippen LogP contribution is 2.32. The Kier molecular flexibility index (Phi) is 6.70. The van der Waals surface area contributed by atoms with Crippen LogP contribution in [-0.2, 0) is 17.6 Å². The number of nitrogen functional groups attached to an aromatic ring is 1. The molecule has 156 valence electrons. The summed E-state index contributed by atoms with van der Waals surface area (Å²) < 4.78 is 0. The number of halogens is 2. The van der Waals surface area contributed by atoms with Gasteiger partial charge in [0, 0.05) is 37.3 Å². The Labute approximate surface area is 181 Å². The van der Waals surface area contributed by atoms with Gasteiger partial charge in [-0.3, -0.25) is 4.79 Å². The van der Waals surface area contributed by atoms with Crippen LogP contribution in [0.4, 0.5) is 23.1 Å². The van der Waals surface area contributed by atoms with Gasteiger partial charge in [0.1, 0.15) is 5.82 Å². The Hall–Kier alpha value is -2.25. The van der Waals surface area contributed by atoms with Crippen molar-refractivity contribution in [1.29, 1.82) is 0 Å². The molecule has 1 fully saturated rings. The molecular weight excluding hydrogens is 411 g/mol. The first kappa shape index (κ1) is 21.5. The number of rotatable bonds is 4. The maximum Gasteiger partial charge on any atom is 0.229 e. The SMILES string of the molecule is CC(=O)NC1CCCN(c2nc(Nc3ccc(Cl)c(N)c3)nc3c2CCC3)C1.Cl. The van der Waals surface area contributed by atoms with E-state index in [0.29, 0.717) is 16.7 Å². The molecule has 1 aromatic heterocycles. The van der Waals surface area contributed by atoms with Gasteiger partial charge in [0.2, 0.25) is 11.9 Å². The fourth-order valence-electron chi connectivity index (χ4n) is 4.06. The van der Waals surface area contributed by atoms with Crippen LogP contribution in [0.5, 0.6) is 0 Å². The van der Waals surface area contributed by atoms with Crippen LogP contribution in [0.2, 0.25) is 5.02 Å². The van der Waals surface area contributed by atoms with Crippen molar-refractivity contribution in [2.75, 3.05) is 29.0 Å². The number of aryl methyl sites for hydroxylation is 1. The maximum absolute atomic E-state index is 11.5. The Bertz CT molecular complexity index is 907. The second kappa shape index (κ2) is 9.05. The Morgan fingerprint density at radius 3 is 2.86 bits per heavy atom. The van der Waals surface area contributed by atoms with Crippen molar-refractivity contribution in [2.45, 2.75) is 45.1 Å². The van der Waals surface area contributed by atoms with Crippen LogP contribution in [0, 0.1) is 0 Å². The number of fused-ring (bicyclic) bond motifs is 1. The third-order valence-corrected chi connectivity index (χ3v) is 5.64. The number of amides is 1. The fourth-order valence-corrected chi connectivity index (χ4v) is 4.17. The third-order valence-electron chi connectivity index (χ3n) is 5.29. The summed E-state index contributed by atoms with van der Waals surface area (Å²) in [6, 6.07) is 5.57. The normalized spacial score (nSPS) is 18.0. The monoisotopic (exact) mass is 436 g/mol. The van der Waals surface area contributed by atoms with Gasteiger partial charge in [0.25, 0.3) is 0 Å². The molecule has 2 aliphatic rings. The molecule has 2 heterocycles. The molecule has 4 N–H and O–H groups in total. The van der Waals surface area contributed by atoms with Gasteiger partial charge in [-0.1, -0.05) is 11.6 Å². The second-order valence-electron chi connectivity index (χ2n) is 7.50. The van der Waals surface area contributed by atoms with E-state index in [-0.39, 0.29) is 24.4 Å². The lowest BCUT2D eigenvalue weighted by atomic mass is 10.0. The number of nitrogens with zero attached hydrogens (tertiary/aromatic N) is 3. The molecule has 1 aromatic carbocycles. The van der Waals surface area contributed by atoms with E-state index in [0.717, 1.165) is 62.4 Å². The predicted molar refractivity (Wildman–Crippen MR) is 120 cm³/mol. The first-order valence-corrected chi connectivity index (χ1v) is 10.1. The summed E-state index contributed by atoms with van der Waals surface area (Å²) in [5, 5.41) is 6.84. The van der Waals surface area contributed by atoms with Crippen molar-refractivity contribution < 1.29 is 4.79 Å². The molecule has 7 nitrogen and oxygen atoms in total. The summed E-state index contributed by atoms with van der Waals surface area (Å²) in [6.45, 7) is 3.28. The van der Waals surface area contributed by atoms with Crippen molar-refractivity contribution in [2.24, 2.45) is 0 Å². The largest absolute Gasteiger partial charge is 0.397 e. The number of anilines is 4. The summed E-state index contributed by atoms with van der Waals surface area (Å²) in [4.78, 5) is 23.3. The summed E-state index contributed by atoms with van der Waals surface area (Å²) in [5.41, 5.74) is 9.58. The molecule has 1 amide bonds. The van der Waals surface area contributed by atoms with E-state index in [1.54, 1.807) is 19.1 Å². The molecule has 0 saturated carbocycles. The number of hydrogen-bond donors (Lipinski definition) is 3. The molecule has 9 heteroatoms. The van der Waals surface area contributed by atoms with Crippen molar-refractivity contribution in [3.05, 3.63) is 34.5 Å². The number of carbonyl (C=O) groups excluding carboxylic acids is 1. The van der Waals surface area contributed by atoms with Gasteiger partial charge in [-0.2, -0.15) is 4.98 Å². The average Bonchev–Trinajstić information content (AvgIpc) is 3.12. The van der Waals surface area contributed by atoms with E-state index >= 15 is 0 Å². The van der Waals surface area contributed by atoms with Crippen molar-refractivity contribution in [3.63, 3.8) is 0 Å². The Morgan fingerprint density at radius 2 is 2.10 bits per heavy atom. The molecular formula is C20H26Cl2N6O. The zero-order chi connectivity index (χ0) is 19.7. The molecule has 0 radical (unpaired) electrons. The first-order chi connectivity index (χ1) is 13.5. The lowest BCUT2D eigenvalue weighted by Gasteiger charge is -2.35. The number of benzene rings is 1. The lowest BCUT2D eigenvalue weighted by Crippen LogP contribution is -2.47. The summed E-state index contributed by atoms with van der Waals surface area (Å²) in [7, 11) is 0. The van der Waals surface area contributed by atoms with E-state index < -0.39 is 0 Å². The highest BCUT2D eigenvalue weighted by molar-refractivity contribution is 6.33. The number of carbonyl (C=O) groups is 1. The van der Waals surface area contributed by atoms with Crippen LogP contribution < -0.4 is 21.3 Å². The molecule has 0 bridgehead atoms. The van der Waals surface area contributed by atoms with Gasteiger partial charge in [0.15, 0.2) is 0 Å². The summed E-state index contributed by atoms with van der Waals surface area (Å²) in [6.07, 6.45) is 5.08. The lowest BCUT2D eigenvalue weighted by molar-refractivity contribution is -0.119. The fraction of sp³-hybridized carbons (Fsp3) is 0.450. The molecule has 1 atom stereocenters. The van der Waals surface area contributed by atoms with E-state index in [4.69, 9.17) is 27.3 Å². The minimum atomic E-state index is 0. The Morgan fingerprint density at radius 1 is 1.28 bits per heavy atom.